The van der Waals surface area contributed by atoms with Gasteiger partial charge in [-0.05, 0) is 17.7 Å². The highest BCUT2D eigenvalue weighted by Gasteiger charge is 2.14. The van der Waals surface area contributed by atoms with Crippen LogP contribution in [0.3, 0.4) is 0 Å². The second-order valence-electron chi connectivity index (χ2n) is 4.76. The van der Waals surface area contributed by atoms with Crippen LogP contribution >= 0.6 is 8.15 Å². The number of hydrogen-bond donors (Lipinski definition) is 0. The fourth-order valence-electron chi connectivity index (χ4n) is 2.13. The second kappa shape index (κ2) is 7.06. The van der Waals surface area contributed by atoms with Crippen LogP contribution in [-0.2, 0) is 6.16 Å². The molecule has 1 unspecified atom stereocenters. The Morgan fingerprint density at radius 1 is 0.619 bits per heavy atom. The fourth-order valence-corrected chi connectivity index (χ4v) is 3.90. The monoisotopic (exact) mass is 292 g/mol. The lowest BCUT2D eigenvalue weighted by Gasteiger charge is -2.19. The molecule has 2 heteroatoms. The molecule has 0 heterocycles. The van der Waals surface area contributed by atoms with E-state index in [1.165, 1.54) is 10.9 Å². The van der Waals surface area contributed by atoms with Crippen LogP contribution in [0.1, 0.15) is 5.56 Å². The molecule has 3 rings (SSSR count). The predicted molar refractivity (Wildman–Crippen MR) is 90.2 cm³/mol. The van der Waals surface area contributed by atoms with Gasteiger partial charge in [-0.2, -0.15) is 0 Å². The molecule has 0 aliphatic rings. The van der Waals surface area contributed by atoms with Crippen molar-refractivity contribution in [2.45, 2.75) is 6.16 Å². The minimum absolute atomic E-state index is 0.708. The molecule has 104 valence electrons. The molecule has 3 aromatic carbocycles. The molecular weight excluding hydrogens is 275 g/mol. The molecular formula is C19H17OP. The molecule has 0 fully saturated rings. The molecule has 0 bridgehead atoms. The highest BCUT2D eigenvalue weighted by atomic mass is 31.1. The van der Waals surface area contributed by atoms with Crippen LogP contribution in [-0.4, -0.2) is 0 Å². The summed E-state index contributed by atoms with van der Waals surface area (Å²) in [6.45, 7) is 0. The Kier molecular flexibility index (Phi) is 4.66. The van der Waals surface area contributed by atoms with E-state index < -0.39 is 8.15 Å². The maximum absolute atomic E-state index is 6.27. The zero-order valence-corrected chi connectivity index (χ0v) is 12.6. The van der Waals surface area contributed by atoms with Crippen molar-refractivity contribution in [3.63, 3.8) is 0 Å². The maximum atomic E-state index is 6.27. The van der Waals surface area contributed by atoms with Gasteiger partial charge in [0.2, 0.25) is 0 Å². The van der Waals surface area contributed by atoms with Crippen LogP contribution in [0.15, 0.2) is 91.0 Å². The number of para-hydroxylation sites is 1. The highest BCUT2D eigenvalue weighted by Crippen LogP contribution is 2.40. The van der Waals surface area contributed by atoms with Gasteiger partial charge in [-0.25, -0.2) is 0 Å². The smallest absolute Gasteiger partial charge is 0.123 e. The first kappa shape index (κ1) is 13.9. The number of hydrogen-bond acceptors (Lipinski definition) is 1. The summed E-state index contributed by atoms with van der Waals surface area (Å²) in [5.74, 6) is 0.934. The molecule has 0 saturated heterocycles. The second-order valence-corrected chi connectivity index (χ2v) is 6.53. The van der Waals surface area contributed by atoms with Crippen molar-refractivity contribution in [3.05, 3.63) is 96.6 Å². The van der Waals surface area contributed by atoms with Gasteiger partial charge < -0.3 is 4.52 Å². The quantitative estimate of drug-likeness (QED) is 0.602. The maximum Gasteiger partial charge on any atom is 0.123 e. The molecule has 0 radical (unpaired) electrons. The van der Waals surface area contributed by atoms with Crippen molar-refractivity contribution in [2.24, 2.45) is 0 Å². The highest BCUT2D eigenvalue weighted by molar-refractivity contribution is 7.60. The molecule has 0 aliphatic heterocycles. The molecule has 0 N–H and O–H groups in total. The van der Waals surface area contributed by atoms with Crippen molar-refractivity contribution in [1.82, 2.24) is 0 Å². The van der Waals surface area contributed by atoms with Gasteiger partial charge in [0.1, 0.15) is 13.9 Å². The third kappa shape index (κ3) is 3.93. The largest absolute Gasteiger partial charge is 0.469 e. The van der Waals surface area contributed by atoms with Crippen LogP contribution < -0.4 is 9.83 Å². The summed E-state index contributed by atoms with van der Waals surface area (Å²) < 4.78 is 6.27. The first-order chi connectivity index (χ1) is 10.4. The van der Waals surface area contributed by atoms with Crippen LogP contribution in [0, 0.1) is 0 Å². The molecule has 0 amide bonds. The predicted octanol–water partition coefficient (Wildman–Crippen LogP) is 4.99. The summed E-state index contributed by atoms with van der Waals surface area (Å²) in [5, 5.41) is 1.26. The van der Waals surface area contributed by atoms with E-state index in [2.05, 4.69) is 48.5 Å². The lowest BCUT2D eigenvalue weighted by molar-refractivity contribution is 0.620. The van der Waals surface area contributed by atoms with Crippen molar-refractivity contribution in [1.29, 1.82) is 0 Å². The Morgan fingerprint density at radius 3 is 1.76 bits per heavy atom. The Hall–Kier alpha value is -2.11. The first-order valence-corrected chi connectivity index (χ1v) is 8.46. The number of benzene rings is 3. The van der Waals surface area contributed by atoms with Gasteiger partial charge >= 0.3 is 0 Å². The average molecular weight is 292 g/mol. The lowest BCUT2D eigenvalue weighted by Crippen LogP contribution is -2.06. The van der Waals surface area contributed by atoms with Crippen molar-refractivity contribution in [3.8, 4) is 5.75 Å². The van der Waals surface area contributed by atoms with E-state index in [4.69, 9.17) is 4.52 Å². The van der Waals surface area contributed by atoms with E-state index in [1.54, 1.807) is 0 Å². The standard InChI is InChI=1S/C19H17OP/c1-4-10-17(11-5-1)16-21(19-14-8-3-9-15-19)20-18-12-6-2-7-13-18/h1-15H,16H2. The van der Waals surface area contributed by atoms with E-state index in [9.17, 15) is 0 Å². The third-order valence-electron chi connectivity index (χ3n) is 3.17. The minimum atomic E-state index is -0.708. The summed E-state index contributed by atoms with van der Waals surface area (Å²) in [6, 6.07) is 31.1. The molecule has 0 saturated carbocycles. The Morgan fingerprint density at radius 2 is 1.14 bits per heavy atom. The van der Waals surface area contributed by atoms with Crippen LogP contribution in [0.5, 0.6) is 5.75 Å². The van der Waals surface area contributed by atoms with Crippen molar-refractivity contribution >= 4 is 13.5 Å². The van der Waals surface area contributed by atoms with Gasteiger partial charge in [0.25, 0.3) is 0 Å². The average Bonchev–Trinajstić information content (AvgIpc) is 2.57. The van der Waals surface area contributed by atoms with E-state index >= 15 is 0 Å². The molecule has 0 aromatic heterocycles. The van der Waals surface area contributed by atoms with Gasteiger partial charge in [-0.1, -0.05) is 78.9 Å². The van der Waals surface area contributed by atoms with Gasteiger partial charge in [-0.15, -0.1) is 0 Å². The molecule has 0 aliphatic carbocycles. The summed E-state index contributed by atoms with van der Waals surface area (Å²) in [5.41, 5.74) is 1.31. The molecule has 1 atom stereocenters. The molecule has 0 spiro atoms. The zero-order valence-electron chi connectivity index (χ0n) is 11.7. The van der Waals surface area contributed by atoms with E-state index in [-0.39, 0.29) is 0 Å². The Bertz CT molecular complexity index is 611. The fraction of sp³-hybridized carbons (Fsp3) is 0.0526. The van der Waals surface area contributed by atoms with E-state index in [0.29, 0.717) is 0 Å². The molecule has 21 heavy (non-hydrogen) atoms. The molecule has 1 nitrogen and oxygen atoms in total. The summed E-state index contributed by atoms with van der Waals surface area (Å²) in [6.07, 6.45) is 0.926. The van der Waals surface area contributed by atoms with Crippen LogP contribution in [0.2, 0.25) is 0 Å². The minimum Gasteiger partial charge on any atom is -0.469 e. The van der Waals surface area contributed by atoms with Crippen molar-refractivity contribution < 1.29 is 4.52 Å². The lowest BCUT2D eigenvalue weighted by atomic mass is 10.2. The Labute approximate surface area is 127 Å². The van der Waals surface area contributed by atoms with Gasteiger partial charge in [-0.3, -0.25) is 0 Å². The van der Waals surface area contributed by atoms with Crippen molar-refractivity contribution in [2.75, 3.05) is 0 Å². The zero-order chi connectivity index (χ0) is 14.3. The summed E-state index contributed by atoms with van der Waals surface area (Å²) >= 11 is 0. The van der Waals surface area contributed by atoms with Gasteiger partial charge in [0.15, 0.2) is 0 Å². The molecule has 3 aromatic rings. The summed E-state index contributed by atoms with van der Waals surface area (Å²) in [4.78, 5) is 0. The first-order valence-electron chi connectivity index (χ1n) is 7.01. The van der Waals surface area contributed by atoms with E-state index in [1.807, 2.05) is 42.5 Å². The normalized spacial score (nSPS) is 11.8. The Balaban J connectivity index is 1.84. The SMILES string of the molecule is c1ccc(CP(Oc2ccccc2)c2ccccc2)cc1. The van der Waals surface area contributed by atoms with Gasteiger partial charge in [0.05, 0.1) is 0 Å². The van der Waals surface area contributed by atoms with Crippen LogP contribution in [0.4, 0.5) is 0 Å². The van der Waals surface area contributed by atoms with E-state index in [0.717, 1.165) is 11.9 Å². The number of rotatable bonds is 5. The topological polar surface area (TPSA) is 9.23 Å². The summed E-state index contributed by atoms with van der Waals surface area (Å²) in [7, 11) is -0.708. The third-order valence-corrected chi connectivity index (χ3v) is 5.13. The van der Waals surface area contributed by atoms with Crippen LogP contribution in [0.25, 0.3) is 0 Å². The van der Waals surface area contributed by atoms with Gasteiger partial charge in [0, 0.05) is 11.5 Å².